The molecule has 0 saturated carbocycles. The molecule has 28 heteroatoms. The molecule has 9 N–H and O–H groups in total. The number of phenols is 1. The van der Waals surface area contributed by atoms with Gasteiger partial charge in [-0.3, -0.25) is 27.8 Å². The number of carbonyl (C=O) groups is 2. The molecule has 0 aliphatic carbocycles. The van der Waals surface area contributed by atoms with E-state index in [2.05, 4.69) is 31.1 Å². The molecule has 0 heterocycles. The lowest BCUT2D eigenvalue weighted by atomic mass is 10.1. The summed E-state index contributed by atoms with van der Waals surface area (Å²) in [6.45, 7) is 2.76. The average Bonchev–Trinajstić information content (AvgIpc) is 3.30. The predicted octanol–water partition coefficient (Wildman–Crippen LogP) is 8.64. The van der Waals surface area contributed by atoms with Gasteiger partial charge in [0.05, 0.1) is 41.4 Å². The van der Waals surface area contributed by atoms with Crippen molar-refractivity contribution >= 4 is 114 Å². The summed E-state index contributed by atoms with van der Waals surface area (Å²) >= 11 is 0. The number of aromatic hydroxyl groups is 1. The minimum atomic E-state index is -5.12. The maximum absolute atomic E-state index is 13.7. The monoisotopic (exact) mass is 1090 g/mol. The van der Waals surface area contributed by atoms with Gasteiger partial charge in [0.2, 0.25) is 0 Å². The first-order chi connectivity index (χ1) is 34.6. The molecular formula is C46H41N7O17S4. The Morgan fingerprint density at radius 1 is 0.622 bits per heavy atom. The van der Waals surface area contributed by atoms with Crippen LogP contribution in [0.3, 0.4) is 0 Å². The maximum Gasteiger partial charge on any atom is 0.296 e. The molecule has 386 valence electrons. The summed E-state index contributed by atoms with van der Waals surface area (Å²) in [5.41, 5.74) is 6.90. The van der Waals surface area contributed by atoms with E-state index in [1.807, 2.05) is 0 Å². The Bertz CT molecular complexity index is 3980. The van der Waals surface area contributed by atoms with Crippen LogP contribution in [0.5, 0.6) is 17.2 Å². The number of hydrogen-bond acceptors (Lipinski definition) is 18. The third kappa shape index (κ3) is 12.6. The number of ether oxygens (including phenoxy) is 2. The van der Waals surface area contributed by atoms with Crippen molar-refractivity contribution in [3.63, 3.8) is 0 Å². The van der Waals surface area contributed by atoms with Gasteiger partial charge in [0, 0.05) is 45.4 Å². The number of fused-ring (bicyclic) bond motifs is 2. The number of anilines is 3. The van der Waals surface area contributed by atoms with Crippen LogP contribution in [0.15, 0.2) is 138 Å². The zero-order valence-corrected chi connectivity index (χ0v) is 41.8. The summed E-state index contributed by atoms with van der Waals surface area (Å²) in [6.07, 6.45) is -0.266. The number of nitrogens with one attached hydrogen (secondary N) is 2. The van der Waals surface area contributed by atoms with Crippen LogP contribution >= 0.6 is 0 Å². The number of amides is 2. The van der Waals surface area contributed by atoms with E-state index in [9.17, 15) is 62.0 Å². The molecular weight excluding hydrogens is 1050 g/mol. The highest BCUT2D eigenvalue weighted by atomic mass is 32.2. The zero-order chi connectivity index (χ0) is 54.1. The van der Waals surface area contributed by atoms with Crippen LogP contribution in [-0.2, 0) is 40.5 Å². The van der Waals surface area contributed by atoms with Crippen LogP contribution in [0.1, 0.15) is 38.3 Å². The molecule has 0 radical (unpaired) electrons. The Morgan fingerprint density at radius 2 is 1.28 bits per heavy atom. The summed E-state index contributed by atoms with van der Waals surface area (Å²) in [6, 6.07) is 22.2. The van der Waals surface area contributed by atoms with Crippen molar-refractivity contribution in [3.05, 3.63) is 125 Å². The van der Waals surface area contributed by atoms with Gasteiger partial charge in [-0.15, -0.1) is 10.2 Å². The van der Waals surface area contributed by atoms with Gasteiger partial charge in [0.15, 0.2) is 5.75 Å². The van der Waals surface area contributed by atoms with Crippen molar-refractivity contribution in [2.45, 2.75) is 35.0 Å². The molecule has 0 unspecified atom stereocenters. The quantitative estimate of drug-likeness (QED) is 0.0183. The van der Waals surface area contributed by atoms with Crippen molar-refractivity contribution in [3.8, 4) is 17.2 Å². The van der Waals surface area contributed by atoms with E-state index in [0.29, 0.717) is 22.4 Å². The first-order valence-corrected chi connectivity index (χ1v) is 27.1. The van der Waals surface area contributed by atoms with Gasteiger partial charge >= 0.3 is 0 Å². The molecule has 2 amide bonds. The van der Waals surface area contributed by atoms with Gasteiger partial charge in [-0.2, -0.15) is 43.9 Å². The van der Waals surface area contributed by atoms with Crippen LogP contribution in [-0.4, -0.2) is 88.3 Å². The second kappa shape index (κ2) is 20.9. The highest BCUT2D eigenvalue weighted by molar-refractivity contribution is 7.86. The number of azo groups is 2. The molecule has 74 heavy (non-hydrogen) atoms. The van der Waals surface area contributed by atoms with E-state index in [-0.39, 0.29) is 67.8 Å². The van der Waals surface area contributed by atoms with Crippen molar-refractivity contribution in [1.82, 2.24) is 0 Å². The number of carbonyl (C=O) groups excluding carboxylic acids is 2. The molecule has 0 fully saturated rings. The summed E-state index contributed by atoms with van der Waals surface area (Å²) in [5, 5.41) is 33.0. The van der Waals surface area contributed by atoms with E-state index >= 15 is 0 Å². The lowest BCUT2D eigenvalue weighted by Gasteiger charge is -2.16. The number of methoxy groups -OCH3 is 1. The van der Waals surface area contributed by atoms with Gasteiger partial charge in [-0.25, -0.2) is 0 Å². The molecule has 0 spiro atoms. The molecule has 0 aromatic heterocycles. The third-order valence-electron chi connectivity index (χ3n) is 10.9. The predicted molar refractivity (Wildman–Crippen MR) is 270 cm³/mol. The molecule has 0 aliphatic rings. The zero-order valence-electron chi connectivity index (χ0n) is 38.6. The standard InChI is InChI=1S/C46H41N7O17S4/c1-24-15-31(10-11-33(24)46(56)49-38-22-35-28(19-41(38)73(63,64)65)18-32(72(60,61)62)21-39(35)70-13-4-14-71(57,58)59)50-51-36-23-40(69-3)37(16-25(36)2)52-53-43-42(74(66,67)68)20-27-17-30(9-12-34(27)44(43)54)48-45(55)26-5-7-29(47)8-6-26/h5-12,15-23,54H,4,13-14,47H2,1-3H3,(H,48,55)(H,49,56)(H,57,58,59)(H,60,61,62)(H,63,64,65)(H,66,67,68). The minimum Gasteiger partial charge on any atom is -0.505 e. The number of nitrogens with two attached hydrogens (primary N) is 1. The van der Waals surface area contributed by atoms with Gasteiger partial charge in [0.1, 0.15) is 32.7 Å². The SMILES string of the molecule is COc1cc(N=Nc2ccc(C(=O)Nc3cc4c(OCCCS(=O)(=O)O)cc(S(=O)(=O)O)cc4cc3S(=O)(=O)O)c(C)c2)c(C)cc1N=Nc1c(S(=O)(=O)O)cc2cc(NC(=O)c3ccc(N)cc3)ccc2c1O. The fourth-order valence-corrected chi connectivity index (χ4v) is 9.61. The second-order valence-electron chi connectivity index (χ2n) is 16.2. The van der Waals surface area contributed by atoms with Crippen molar-refractivity contribution in [2.24, 2.45) is 20.5 Å². The Labute approximate surface area is 421 Å². The van der Waals surface area contributed by atoms with Crippen LogP contribution < -0.4 is 25.8 Å². The number of nitrogens with zero attached hydrogens (tertiary/aromatic N) is 4. The smallest absolute Gasteiger partial charge is 0.296 e. The second-order valence-corrected chi connectivity index (χ2v) is 21.9. The molecule has 0 aliphatic heterocycles. The lowest BCUT2D eigenvalue weighted by Crippen LogP contribution is -2.16. The van der Waals surface area contributed by atoms with Crippen LogP contribution in [0, 0.1) is 13.8 Å². The van der Waals surface area contributed by atoms with Crippen LogP contribution in [0.25, 0.3) is 21.5 Å². The Kier molecular flexibility index (Phi) is 15.2. The molecule has 0 bridgehead atoms. The van der Waals surface area contributed by atoms with Gasteiger partial charge in [0.25, 0.3) is 52.3 Å². The Morgan fingerprint density at radius 3 is 1.92 bits per heavy atom. The highest BCUT2D eigenvalue weighted by Crippen LogP contribution is 2.44. The van der Waals surface area contributed by atoms with Gasteiger partial charge < -0.3 is 30.9 Å². The molecule has 0 atom stereocenters. The first-order valence-electron chi connectivity index (χ1n) is 21.1. The van der Waals surface area contributed by atoms with Crippen LogP contribution in [0.4, 0.5) is 39.8 Å². The Hall–Kier alpha value is -7.96. The van der Waals surface area contributed by atoms with Gasteiger partial charge in [-0.05, 0) is 133 Å². The normalized spacial score (nSPS) is 12.4. The van der Waals surface area contributed by atoms with E-state index in [1.165, 1.54) is 74.7 Å². The third-order valence-corrected chi connectivity index (χ3v) is 14.3. The Balaban J connectivity index is 1.12. The molecule has 7 rings (SSSR count). The van der Waals surface area contributed by atoms with Crippen molar-refractivity contribution in [2.75, 3.05) is 35.8 Å². The number of nitrogen functional groups attached to an aromatic ring is 1. The van der Waals surface area contributed by atoms with Crippen LogP contribution in [0.2, 0.25) is 0 Å². The highest BCUT2D eigenvalue weighted by Gasteiger charge is 2.25. The van der Waals surface area contributed by atoms with E-state index in [4.69, 9.17) is 19.8 Å². The summed E-state index contributed by atoms with van der Waals surface area (Å²) in [7, 11) is -18.1. The molecule has 7 aromatic rings. The number of phenolic OH excluding ortho intramolecular Hbond substituents is 1. The molecule has 0 saturated heterocycles. The lowest BCUT2D eigenvalue weighted by molar-refractivity contribution is 0.101. The number of hydrogen-bond donors (Lipinski definition) is 8. The van der Waals surface area contributed by atoms with Crippen molar-refractivity contribution in [1.29, 1.82) is 0 Å². The number of rotatable bonds is 17. The van der Waals surface area contributed by atoms with Crippen molar-refractivity contribution < 1.29 is 76.1 Å². The average molecular weight is 1090 g/mol. The first kappa shape index (κ1) is 53.8. The number of benzene rings is 7. The van der Waals surface area contributed by atoms with Gasteiger partial charge in [-0.1, -0.05) is 0 Å². The summed E-state index contributed by atoms with van der Waals surface area (Å²) in [4.78, 5) is 24.1. The topological polar surface area (TPSA) is 390 Å². The molecule has 24 nitrogen and oxygen atoms in total. The fraction of sp³-hybridized carbons (Fsp3) is 0.130. The summed E-state index contributed by atoms with van der Waals surface area (Å²) < 4.78 is 147. The maximum atomic E-state index is 13.7. The van der Waals surface area contributed by atoms with E-state index < -0.39 is 96.5 Å². The summed E-state index contributed by atoms with van der Waals surface area (Å²) in [5.74, 6) is -2.97. The number of aryl methyl sites for hydroxylation is 2. The molecule has 7 aromatic carbocycles. The minimum absolute atomic E-state index is 0.000380. The van der Waals surface area contributed by atoms with E-state index in [0.717, 1.165) is 30.3 Å². The largest absolute Gasteiger partial charge is 0.505 e. The van der Waals surface area contributed by atoms with E-state index in [1.54, 1.807) is 19.1 Å². The fourth-order valence-electron chi connectivity index (χ4n) is 7.27.